The maximum absolute atomic E-state index is 12.3. The van der Waals surface area contributed by atoms with E-state index < -0.39 is 5.60 Å². The number of aromatic nitrogens is 1. The number of ether oxygens (including phenoxy) is 1. The number of carbonyl (C=O) groups is 1. The van der Waals surface area contributed by atoms with E-state index in [2.05, 4.69) is 9.88 Å². The molecule has 1 spiro atoms. The van der Waals surface area contributed by atoms with Gasteiger partial charge in [-0.1, -0.05) is 11.6 Å². The van der Waals surface area contributed by atoms with E-state index in [0.717, 1.165) is 49.7 Å². The summed E-state index contributed by atoms with van der Waals surface area (Å²) in [4.78, 5) is 20.6. The third kappa shape index (κ3) is 3.55. The van der Waals surface area contributed by atoms with Crippen LogP contribution in [0.25, 0.3) is 0 Å². The molecule has 2 aliphatic rings. The third-order valence-corrected chi connectivity index (χ3v) is 4.94. The average molecular weight is 338 g/mol. The number of anilines is 1. The Labute approximate surface area is 142 Å². The van der Waals surface area contributed by atoms with E-state index in [0.29, 0.717) is 0 Å². The molecule has 1 aromatic heterocycles. The van der Waals surface area contributed by atoms with Gasteiger partial charge in [0.05, 0.1) is 16.9 Å². The fourth-order valence-corrected chi connectivity index (χ4v) is 3.72. The van der Waals surface area contributed by atoms with Crippen LogP contribution in [0, 0.1) is 5.41 Å². The molecular formula is C17H24ClN3O2. The Morgan fingerprint density at radius 3 is 2.74 bits per heavy atom. The summed E-state index contributed by atoms with van der Waals surface area (Å²) in [5.74, 6) is 0. The van der Waals surface area contributed by atoms with E-state index in [1.165, 1.54) is 0 Å². The summed E-state index contributed by atoms with van der Waals surface area (Å²) >= 11 is 6.28. The van der Waals surface area contributed by atoms with Crippen LogP contribution in [0.15, 0.2) is 18.5 Å². The minimum Gasteiger partial charge on any atom is -0.444 e. The molecule has 0 aliphatic carbocycles. The van der Waals surface area contributed by atoms with Gasteiger partial charge in [-0.05, 0) is 39.7 Å². The van der Waals surface area contributed by atoms with Gasteiger partial charge in [0.25, 0.3) is 0 Å². The van der Waals surface area contributed by atoms with Crippen LogP contribution in [0.3, 0.4) is 0 Å². The van der Waals surface area contributed by atoms with Crippen molar-refractivity contribution in [3.63, 3.8) is 0 Å². The molecule has 5 nitrogen and oxygen atoms in total. The molecule has 6 heteroatoms. The van der Waals surface area contributed by atoms with Gasteiger partial charge in [0, 0.05) is 37.8 Å². The molecular weight excluding hydrogens is 314 g/mol. The lowest BCUT2D eigenvalue weighted by Crippen LogP contribution is -2.37. The van der Waals surface area contributed by atoms with Crippen molar-refractivity contribution in [3.05, 3.63) is 23.5 Å². The predicted octanol–water partition coefficient (Wildman–Crippen LogP) is 3.57. The summed E-state index contributed by atoms with van der Waals surface area (Å²) < 4.78 is 5.50. The predicted molar refractivity (Wildman–Crippen MR) is 90.9 cm³/mol. The molecule has 1 amide bonds. The zero-order valence-corrected chi connectivity index (χ0v) is 14.8. The fourth-order valence-electron chi connectivity index (χ4n) is 3.49. The van der Waals surface area contributed by atoms with E-state index in [1.807, 2.05) is 37.9 Å². The standard InChI is InChI=1S/C17H24ClN3O2/c1-16(2,3)23-15(22)21-9-6-17(12-21)5-8-20(11-17)14-10-19-7-4-13(14)18/h4,7,10H,5-6,8-9,11-12H2,1-3H3. The Bertz CT molecular complexity index is 602. The van der Waals surface area contributed by atoms with Crippen molar-refractivity contribution in [2.45, 2.75) is 39.2 Å². The van der Waals surface area contributed by atoms with Crippen LogP contribution in [-0.4, -0.2) is 47.8 Å². The summed E-state index contributed by atoms with van der Waals surface area (Å²) in [5.41, 5.74) is 0.690. The number of nitrogens with zero attached hydrogens (tertiary/aromatic N) is 3. The first kappa shape index (κ1) is 16.4. The number of amides is 1. The molecule has 2 aliphatic heterocycles. The minimum atomic E-state index is -0.447. The van der Waals surface area contributed by atoms with Gasteiger partial charge in [-0.25, -0.2) is 4.79 Å². The van der Waals surface area contributed by atoms with Crippen molar-refractivity contribution in [1.29, 1.82) is 0 Å². The van der Waals surface area contributed by atoms with Gasteiger partial charge < -0.3 is 14.5 Å². The Kier molecular flexibility index (Phi) is 4.17. The van der Waals surface area contributed by atoms with Gasteiger partial charge in [0.15, 0.2) is 0 Å². The molecule has 0 radical (unpaired) electrons. The van der Waals surface area contributed by atoms with E-state index in [9.17, 15) is 4.79 Å². The number of pyridine rings is 1. The molecule has 126 valence electrons. The Morgan fingerprint density at radius 1 is 1.30 bits per heavy atom. The number of likely N-dealkylation sites (tertiary alicyclic amines) is 1. The molecule has 0 bridgehead atoms. The van der Waals surface area contributed by atoms with Gasteiger partial charge >= 0.3 is 6.09 Å². The van der Waals surface area contributed by atoms with Crippen LogP contribution < -0.4 is 4.90 Å². The second kappa shape index (κ2) is 5.86. The molecule has 3 heterocycles. The van der Waals surface area contributed by atoms with Gasteiger partial charge in [0.2, 0.25) is 0 Å². The molecule has 3 rings (SSSR count). The summed E-state index contributed by atoms with van der Waals surface area (Å²) in [6, 6.07) is 1.82. The SMILES string of the molecule is CC(C)(C)OC(=O)N1CCC2(CCN(c3cnccc3Cl)C2)C1. The van der Waals surface area contributed by atoms with E-state index in [4.69, 9.17) is 16.3 Å². The van der Waals surface area contributed by atoms with E-state index >= 15 is 0 Å². The summed E-state index contributed by atoms with van der Waals surface area (Å²) in [6.45, 7) is 9.10. The quantitative estimate of drug-likeness (QED) is 0.786. The summed E-state index contributed by atoms with van der Waals surface area (Å²) in [5, 5.41) is 0.735. The second-order valence-corrected chi connectivity index (χ2v) is 8.06. The van der Waals surface area contributed by atoms with E-state index in [1.54, 1.807) is 6.20 Å². The highest BCUT2D eigenvalue weighted by Crippen LogP contribution is 2.42. The molecule has 1 atom stereocenters. The van der Waals surface area contributed by atoms with E-state index in [-0.39, 0.29) is 11.5 Å². The molecule has 0 N–H and O–H groups in total. The highest BCUT2D eigenvalue weighted by molar-refractivity contribution is 6.33. The van der Waals surface area contributed by atoms with Crippen LogP contribution >= 0.6 is 11.6 Å². The van der Waals surface area contributed by atoms with Crippen molar-refractivity contribution in [1.82, 2.24) is 9.88 Å². The molecule has 0 aromatic carbocycles. The van der Waals surface area contributed by atoms with Gasteiger partial charge in [0.1, 0.15) is 5.60 Å². The van der Waals surface area contributed by atoms with Crippen molar-refractivity contribution in [2.75, 3.05) is 31.1 Å². The largest absolute Gasteiger partial charge is 0.444 e. The van der Waals surface area contributed by atoms with Crippen LogP contribution in [0.1, 0.15) is 33.6 Å². The van der Waals surface area contributed by atoms with Crippen molar-refractivity contribution < 1.29 is 9.53 Å². The average Bonchev–Trinajstić information content (AvgIpc) is 3.06. The maximum atomic E-state index is 12.3. The van der Waals surface area contributed by atoms with Crippen molar-refractivity contribution in [3.8, 4) is 0 Å². The maximum Gasteiger partial charge on any atom is 0.410 e. The zero-order valence-electron chi connectivity index (χ0n) is 14.0. The summed E-state index contributed by atoms with van der Waals surface area (Å²) in [7, 11) is 0. The first-order chi connectivity index (χ1) is 10.8. The molecule has 2 fully saturated rings. The van der Waals surface area contributed by atoms with Gasteiger partial charge in [-0.3, -0.25) is 4.98 Å². The number of carbonyl (C=O) groups excluding carboxylic acids is 1. The fraction of sp³-hybridized carbons (Fsp3) is 0.647. The lowest BCUT2D eigenvalue weighted by atomic mass is 9.86. The highest BCUT2D eigenvalue weighted by atomic mass is 35.5. The molecule has 23 heavy (non-hydrogen) atoms. The second-order valence-electron chi connectivity index (χ2n) is 7.65. The van der Waals surface area contributed by atoms with Crippen LogP contribution in [0.5, 0.6) is 0 Å². The highest BCUT2D eigenvalue weighted by Gasteiger charge is 2.45. The zero-order chi connectivity index (χ0) is 16.7. The van der Waals surface area contributed by atoms with Crippen LogP contribution in [-0.2, 0) is 4.74 Å². The Hall–Kier alpha value is -1.49. The number of halogens is 1. The normalized spacial score (nSPS) is 24.5. The van der Waals surface area contributed by atoms with Crippen molar-refractivity contribution in [2.24, 2.45) is 5.41 Å². The van der Waals surface area contributed by atoms with Gasteiger partial charge in [-0.15, -0.1) is 0 Å². The van der Waals surface area contributed by atoms with Crippen LogP contribution in [0.4, 0.5) is 10.5 Å². The number of hydrogen-bond acceptors (Lipinski definition) is 4. The number of hydrogen-bond donors (Lipinski definition) is 0. The topological polar surface area (TPSA) is 45.7 Å². The first-order valence-electron chi connectivity index (χ1n) is 8.10. The lowest BCUT2D eigenvalue weighted by molar-refractivity contribution is 0.0276. The van der Waals surface area contributed by atoms with Crippen LogP contribution in [0.2, 0.25) is 5.02 Å². The first-order valence-corrected chi connectivity index (χ1v) is 8.48. The Morgan fingerprint density at radius 2 is 2.04 bits per heavy atom. The Balaban J connectivity index is 1.65. The number of rotatable bonds is 1. The van der Waals surface area contributed by atoms with Gasteiger partial charge in [-0.2, -0.15) is 0 Å². The smallest absolute Gasteiger partial charge is 0.410 e. The molecule has 2 saturated heterocycles. The molecule has 0 saturated carbocycles. The van der Waals surface area contributed by atoms with Crippen molar-refractivity contribution >= 4 is 23.4 Å². The molecule has 1 unspecified atom stereocenters. The summed E-state index contributed by atoms with van der Waals surface area (Å²) in [6.07, 6.45) is 5.41. The monoisotopic (exact) mass is 337 g/mol. The minimum absolute atomic E-state index is 0.149. The lowest BCUT2D eigenvalue weighted by Gasteiger charge is -2.27. The third-order valence-electron chi connectivity index (χ3n) is 4.62. The molecule has 1 aromatic rings.